The summed E-state index contributed by atoms with van der Waals surface area (Å²) in [5, 5.41) is 0. The van der Waals surface area contributed by atoms with Crippen LogP contribution < -0.4 is 0 Å². The third-order valence-electron chi connectivity index (χ3n) is 14.1. The van der Waals surface area contributed by atoms with Gasteiger partial charge in [0.25, 0.3) is 0 Å². The van der Waals surface area contributed by atoms with Crippen molar-refractivity contribution in [3.63, 3.8) is 0 Å². The number of esters is 3. The van der Waals surface area contributed by atoms with Gasteiger partial charge in [-0.3, -0.25) is 14.4 Å². The van der Waals surface area contributed by atoms with Gasteiger partial charge in [0.1, 0.15) is 13.2 Å². The van der Waals surface area contributed by atoms with Gasteiger partial charge in [0, 0.05) is 19.3 Å². The smallest absolute Gasteiger partial charge is 0.306 e. The van der Waals surface area contributed by atoms with E-state index >= 15 is 0 Å². The van der Waals surface area contributed by atoms with Gasteiger partial charge in [-0.1, -0.05) is 298 Å². The van der Waals surface area contributed by atoms with Crippen LogP contribution in [0.2, 0.25) is 0 Å². The van der Waals surface area contributed by atoms with Crippen LogP contribution in [-0.2, 0) is 28.6 Å². The maximum atomic E-state index is 12.9. The molecule has 0 aliphatic carbocycles. The Bertz CT molecular complexity index is 1010. The Balaban J connectivity index is 4.25. The molecule has 1 unspecified atom stereocenters. The highest BCUT2D eigenvalue weighted by Gasteiger charge is 2.19. The maximum absolute atomic E-state index is 12.9. The van der Waals surface area contributed by atoms with Crippen molar-refractivity contribution in [2.45, 2.75) is 343 Å². The lowest BCUT2D eigenvalue weighted by Gasteiger charge is -2.18. The lowest BCUT2D eigenvalue weighted by Crippen LogP contribution is -2.30. The summed E-state index contributed by atoms with van der Waals surface area (Å²) in [6, 6.07) is 0. The number of hydrogen-bond acceptors (Lipinski definition) is 6. The van der Waals surface area contributed by atoms with Gasteiger partial charge in [-0.15, -0.1) is 0 Å². The molecule has 0 radical (unpaired) electrons. The molecule has 0 aliphatic rings. The van der Waals surface area contributed by atoms with Crippen molar-refractivity contribution in [2.24, 2.45) is 11.8 Å². The molecule has 0 aromatic rings. The third kappa shape index (κ3) is 51.8. The predicted molar refractivity (Wildman–Crippen MR) is 284 cm³/mol. The van der Waals surface area contributed by atoms with Crippen molar-refractivity contribution in [3.05, 3.63) is 0 Å². The first-order chi connectivity index (χ1) is 32.3. The first kappa shape index (κ1) is 64.4. The molecule has 6 nitrogen and oxygen atoms in total. The summed E-state index contributed by atoms with van der Waals surface area (Å²) >= 11 is 0. The molecule has 2 atom stereocenters. The second-order valence-corrected chi connectivity index (χ2v) is 21.4. The van der Waals surface area contributed by atoms with Crippen LogP contribution in [0.25, 0.3) is 0 Å². The molecular weight excluding hydrogens is 817 g/mol. The average molecular weight is 934 g/mol. The predicted octanol–water partition coefficient (Wildman–Crippen LogP) is 19.7. The van der Waals surface area contributed by atoms with Crippen LogP contribution in [-0.4, -0.2) is 37.2 Å². The van der Waals surface area contributed by atoms with Gasteiger partial charge in [0.2, 0.25) is 0 Å². The third-order valence-corrected chi connectivity index (χ3v) is 14.1. The van der Waals surface area contributed by atoms with Gasteiger partial charge >= 0.3 is 17.9 Å². The van der Waals surface area contributed by atoms with Crippen molar-refractivity contribution in [2.75, 3.05) is 13.2 Å². The van der Waals surface area contributed by atoms with E-state index < -0.39 is 6.10 Å². The van der Waals surface area contributed by atoms with Crippen LogP contribution in [0, 0.1) is 11.8 Å². The summed E-state index contributed by atoms with van der Waals surface area (Å²) in [4.78, 5) is 38.1. The molecule has 0 bridgehead atoms. The van der Waals surface area contributed by atoms with Crippen molar-refractivity contribution in [3.8, 4) is 0 Å². The molecular formula is C60H116O6. The second-order valence-electron chi connectivity index (χ2n) is 21.4. The van der Waals surface area contributed by atoms with Crippen LogP contribution in [0.4, 0.5) is 0 Å². The van der Waals surface area contributed by atoms with Gasteiger partial charge < -0.3 is 14.2 Å². The minimum atomic E-state index is -0.763. The highest BCUT2D eigenvalue weighted by Crippen LogP contribution is 2.19. The maximum Gasteiger partial charge on any atom is 0.306 e. The van der Waals surface area contributed by atoms with Crippen LogP contribution in [0.1, 0.15) is 336 Å². The van der Waals surface area contributed by atoms with Gasteiger partial charge in [-0.2, -0.15) is 0 Å². The SMILES string of the molecule is CCCCCCCCCCCCCCCCCCCCCC(=O)OC[C@@H](COC(=O)CCCCCCCCCCC(C)C)OC(=O)CCCCCCCCCCCCCCCCC(C)CC. The van der Waals surface area contributed by atoms with E-state index in [1.165, 1.54) is 225 Å². The largest absolute Gasteiger partial charge is 0.462 e. The fourth-order valence-corrected chi connectivity index (χ4v) is 9.20. The van der Waals surface area contributed by atoms with Crippen LogP contribution in [0.5, 0.6) is 0 Å². The molecule has 0 saturated heterocycles. The van der Waals surface area contributed by atoms with E-state index in [1.807, 2.05) is 0 Å². The minimum absolute atomic E-state index is 0.0630. The summed E-state index contributed by atoms with van der Waals surface area (Å²) in [6.07, 6.45) is 56.7. The number of ether oxygens (including phenoxy) is 3. The summed E-state index contributed by atoms with van der Waals surface area (Å²) < 4.78 is 16.9. The highest BCUT2D eigenvalue weighted by molar-refractivity contribution is 5.71. The molecule has 0 aromatic carbocycles. The molecule has 0 fully saturated rings. The fourth-order valence-electron chi connectivity index (χ4n) is 9.20. The van der Waals surface area contributed by atoms with E-state index in [1.54, 1.807) is 0 Å². The topological polar surface area (TPSA) is 78.9 Å². The Hall–Kier alpha value is -1.59. The Morgan fingerprint density at radius 1 is 0.318 bits per heavy atom. The van der Waals surface area contributed by atoms with Crippen LogP contribution in [0.3, 0.4) is 0 Å². The molecule has 0 spiro atoms. The van der Waals surface area contributed by atoms with Crippen molar-refractivity contribution in [1.29, 1.82) is 0 Å². The second kappa shape index (κ2) is 52.8. The number of carbonyl (C=O) groups excluding carboxylic acids is 3. The fraction of sp³-hybridized carbons (Fsp3) is 0.950. The zero-order valence-electron chi connectivity index (χ0n) is 45.3. The van der Waals surface area contributed by atoms with Gasteiger partial charge in [-0.05, 0) is 31.1 Å². The average Bonchev–Trinajstić information content (AvgIpc) is 3.30. The van der Waals surface area contributed by atoms with Crippen LogP contribution >= 0.6 is 0 Å². The molecule has 0 saturated carbocycles. The molecule has 0 amide bonds. The Morgan fingerprint density at radius 2 is 0.576 bits per heavy atom. The van der Waals surface area contributed by atoms with E-state index in [4.69, 9.17) is 14.2 Å². The summed E-state index contributed by atoms with van der Waals surface area (Å²) in [6.45, 7) is 11.4. The number of unbranched alkanes of at least 4 members (excludes halogenated alkanes) is 38. The number of hydrogen-bond donors (Lipinski definition) is 0. The monoisotopic (exact) mass is 933 g/mol. The summed E-state index contributed by atoms with van der Waals surface area (Å²) in [5.41, 5.74) is 0. The zero-order valence-corrected chi connectivity index (χ0v) is 45.3. The van der Waals surface area contributed by atoms with Crippen molar-refractivity contribution < 1.29 is 28.6 Å². The first-order valence-electron chi connectivity index (χ1n) is 29.8. The van der Waals surface area contributed by atoms with Crippen LogP contribution in [0.15, 0.2) is 0 Å². The van der Waals surface area contributed by atoms with E-state index in [0.717, 1.165) is 69.6 Å². The molecule has 66 heavy (non-hydrogen) atoms. The van der Waals surface area contributed by atoms with Gasteiger partial charge in [-0.25, -0.2) is 0 Å². The van der Waals surface area contributed by atoms with E-state index in [2.05, 4.69) is 34.6 Å². The van der Waals surface area contributed by atoms with Gasteiger partial charge in [0.05, 0.1) is 0 Å². The summed E-state index contributed by atoms with van der Waals surface area (Å²) in [5.74, 6) is 0.850. The molecule has 6 heteroatoms. The Morgan fingerprint density at radius 3 is 0.864 bits per heavy atom. The van der Waals surface area contributed by atoms with E-state index in [0.29, 0.717) is 19.3 Å². The lowest BCUT2D eigenvalue weighted by molar-refractivity contribution is -0.167. The zero-order chi connectivity index (χ0) is 48.2. The normalized spacial score (nSPS) is 12.5. The van der Waals surface area contributed by atoms with E-state index in [9.17, 15) is 14.4 Å². The molecule has 0 rings (SSSR count). The molecule has 0 aliphatic heterocycles. The first-order valence-corrected chi connectivity index (χ1v) is 29.8. The Labute approximate surface area is 412 Å². The highest BCUT2D eigenvalue weighted by atomic mass is 16.6. The summed E-state index contributed by atoms with van der Waals surface area (Å²) in [7, 11) is 0. The quantitative estimate of drug-likeness (QED) is 0.0343. The molecule has 0 heterocycles. The molecule has 392 valence electrons. The standard InChI is InChI=1S/C60H116O6/c1-6-8-9-10-11-12-13-14-15-16-17-18-19-23-26-29-35-40-45-50-58(61)64-53-57(54-65-59(62)51-46-41-36-32-31-33-38-43-48-55(3)4)66-60(63)52-47-42-37-30-27-24-21-20-22-25-28-34-39-44-49-56(5)7-2/h55-57H,6-54H2,1-5H3/t56?,57-/m0/s1. The lowest BCUT2D eigenvalue weighted by atomic mass is 9.99. The van der Waals surface area contributed by atoms with E-state index in [-0.39, 0.29) is 31.1 Å². The molecule has 0 N–H and O–H groups in total. The van der Waals surface area contributed by atoms with Gasteiger partial charge in [0.15, 0.2) is 6.10 Å². The van der Waals surface area contributed by atoms with Crippen molar-refractivity contribution in [1.82, 2.24) is 0 Å². The van der Waals surface area contributed by atoms with Crippen molar-refractivity contribution >= 4 is 17.9 Å². The number of carbonyl (C=O) groups is 3. The minimum Gasteiger partial charge on any atom is -0.462 e. The Kier molecular flexibility index (Phi) is 51.5. The number of rotatable bonds is 54. The molecule has 0 aromatic heterocycles.